The molecule has 0 aromatic heterocycles. The van der Waals surface area contributed by atoms with Gasteiger partial charge in [-0.05, 0) is 30.9 Å². The van der Waals surface area contributed by atoms with Gasteiger partial charge < -0.3 is 5.73 Å². The predicted molar refractivity (Wildman–Crippen MR) is 54.5 cm³/mol. The Bertz CT molecular complexity index is 235. The van der Waals surface area contributed by atoms with E-state index in [1.54, 1.807) is 0 Å². The summed E-state index contributed by atoms with van der Waals surface area (Å²) in [4.78, 5) is 0. The lowest BCUT2D eigenvalue weighted by Crippen LogP contribution is -1.93. The average molecular weight is 184 g/mol. The van der Waals surface area contributed by atoms with E-state index in [1.807, 2.05) is 18.2 Å². The van der Waals surface area contributed by atoms with Gasteiger partial charge in [0.15, 0.2) is 0 Å². The van der Waals surface area contributed by atoms with Crippen LogP contribution in [0.3, 0.4) is 0 Å². The van der Waals surface area contributed by atoms with Crippen LogP contribution in [0, 0.1) is 0 Å². The van der Waals surface area contributed by atoms with Gasteiger partial charge in [-0.25, -0.2) is 0 Å². The molecule has 0 saturated heterocycles. The number of benzene rings is 1. The van der Waals surface area contributed by atoms with Gasteiger partial charge in [0, 0.05) is 11.6 Å². The highest BCUT2D eigenvalue weighted by atomic mass is 35.5. The number of nitrogens with two attached hydrogens (primary N) is 1. The Morgan fingerprint density at radius 2 is 1.92 bits per heavy atom. The fraction of sp³-hybridized carbons (Fsp3) is 0.400. The summed E-state index contributed by atoms with van der Waals surface area (Å²) in [6, 6.07) is 7.99. The number of alkyl halides is 1. The Morgan fingerprint density at radius 1 is 1.17 bits per heavy atom. The molecular formula is C10H14ClN. The minimum Gasteiger partial charge on any atom is -0.399 e. The minimum absolute atomic E-state index is 0.743. The zero-order valence-corrected chi connectivity index (χ0v) is 7.85. The van der Waals surface area contributed by atoms with Crippen molar-refractivity contribution in [3.63, 3.8) is 0 Å². The molecule has 1 nitrogen and oxygen atoms in total. The van der Waals surface area contributed by atoms with Crippen LogP contribution >= 0.6 is 11.6 Å². The number of hydrogen-bond acceptors (Lipinski definition) is 1. The first-order chi connectivity index (χ1) is 5.84. The number of unbranched alkanes of at least 4 members (excludes halogenated alkanes) is 1. The summed E-state index contributed by atoms with van der Waals surface area (Å²) in [6.45, 7) is 0. The second-order valence-electron chi connectivity index (χ2n) is 2.84. The van der Waals surface area contributed by atoms with Crippen molar-refractivity contribution in [2.45, 2.75) is 19.3 Å². The zero-order valence-electron chi connectivity index (χ0n) is 7.09. The van der Waals surface area contributed by atoms with E-state index in [-0.39, 0.29) is 0 Å². The van der Waals surface area contributed by atoms with Gasteiger partial charge in [0.05, 0.1) is 0 Å². The summed E-state index contributed by atoms with van der Waals surface area (Å²) in [5.74, 6) is 0.743. The van der Waals surface area contributed by atoms with Crippen LogP contribution in [-0.4, -0.2) is 5.88 Å². The van der Waals surface area contributed by atoms with Crippen LogP contribution < -0.4 is 5.73 Å². The van der Waals surface area contributed by atoms with E-state index in [4.69, 9.17) is 17.3 Å². The summed E-state index contributed by atoms with van der Waals surface area (Å²) in [6.07, 6.45) is 3.23. The molecule has 2 heteroatoms. The standard InChI is InChI=1S/C10H14ClN/c11-8-4-3-6-9-5-1-2-7-10(9)12/h1-2,5,7H,3-4,6,8,12H2. The Hall–Kier alpha value is -0.690. The van der Waals surface area contributed by atoms with E-state index in [1.165, 1.54) is 5.56 Å². The van der Waals surface area contributed by atoms with Gasteiger partial charge in [-0.15, -0.1) is 11.6 Å². The molecule has 1 rings (SSSR count). The molecule has 66 valence electrons. The number of nitrogen functional groups attached to an aromatic ring is 1. The number of halogens is 1. The van der Waals surface area contributed by atoms with Crippen LogP contribution in [0.2, 0.25) is 0 Å². The highest BCUT2D eigenvalue weighted by Gasteiger charge is 1.96. The Balaban J connectivity index is 2.46. The number of anilines is 1. The van der Waals surface area contributed by atoms with Crippen LogP contribution in [0.15, 0.2) is 24.3 Å². The van der Waals surface area contributed by atoms with Gasteiger partial charge in [-0.1, -0.05) is 18.2 Å². The van der Waals surface area contributed by atoms with Crippen LogP contribution in [0.1, 0.15) is 18.4 Å². The third-order valence-corrected chi connectivity index (χ3v) is 2.15. The van der Waals surface area contributed by atoms with Crippen LogP contribution in [0.25, 0.3) is 0 Å². The lowest BCUT2D eigenvalue weighted by molar-refractivity contribution is 0.801. The molecular weight excluding hydrogens is 170 g/mol. The molecule has 0 radical (unpaired) electrons. The molecule has 0 spiro atoms. The number of aryl methyl sites for hydroxylation is 1. The smallest absolute Gasteiger partial charge is 0.0346 e. The fourth-order valence-corrected chi connectivity index (χ4v) is 1.36. The van der Waals surface area contributed by atoms with E-state index in [0.29, 0.717) is 0 Å². The van der Waals surface area contributed by atoms with Crippen molar-refractivity contribution in [2.24, 2.45) is 0 Å². The zero-order chi connectivity index (χ0) is 8.81. The minimum atomic E-state index is 0.743. The van der Waals surface area contributed by atoms with Crippen molar-refractivity contribution in [3.05, 3.63) is 29.8 Å². The normalized spacial score (nSPS) is 10.1. The third-order valence-electron chi connectivity index (χ3n) is 1.88. The Kier molecular flexibility index (Phi) is 3.95. The summed E-state index contributed by atoms with van der Waals surface area (Å²) < 4.78 is 0. The van der Waals surface area contributed by atoms with Gasteiger partial charge >= 0.3 is 0 Å². The molecule has 0 saturated carbocycles. The third kappa shape index (κ3) is 2.74. The maximum absolute atomic E-state index is 5.77. The second-order valence-corrected chi connectivity index (χ2v) is 3.22. The lowest BCUT2D eigenvalue weighted by atomic mass is 10.1. The number of rotatable bonds is 4. The first-order valence-corrected chi connectivity index (χ1v) is 4.77. The Labute approximate surface area is 78.5 Å². The van der Waals surface area contributed by atoms with Crippen molar-refractivity contribution in [3.8, 4) is 0 Å². The molecule has 0 aliphatic carbocycles. The monoisotopic (exact) mass is 183 g/mol. The van der Waals surface area contributed by atoms with Crippen LogP contribution in [0.5, 0.6) is 0 Å². The predicted octanol–water partition coefficient (Wildman–Crippen LogP) is 2.83. The van der Waals surface area contributed by atoms with Gasteiger partial charge in [0.1, 0.15) is 0 Å². The van der Waals surface area contributed by atoms with Gasteiger partial charge in [0.2, 0.25) is 0 Å². The highest BCUT2D eigenvalue weighted by Crippen LogP contribution is 2.13. The molecule has 1 aromatic carbocycles. The van der Waals surface area contributed by atoms with Crippen LogP contribution in [0.4, 0.5) is 5.69 Å². The van der Waals surface area contributed by atoms with E-state index in [2.05, 4.69) is 6.07 Å². The Morgan fingerprint density at radius 3 is 2.58 bits per heavy atom. The van der Waals surface area contributed by atoms with E-state index >= 15 is 0 Å². The van der Waals surface area contributed by atoms with Crippen molar-refractivity contribution in [2.75, 3.05) is 11.6 Å². The molecule has 0 aliphatic heterocycles. The summed E-state index contributed by atoms with van der Waals surface area (Å²) in [5.41, 5.74) is 7.90. The second kappa shape index (κ2) is 5.04. The fourth-order valence-electron chi connectivity index (χ4n) is 1.17. The largest absolute Gasteiger partial charge is 0.399 e. The molecule has 0 atom stereocenters. The summed E-state index contributed by atoms with van der Waals surface area (Å²) in [7, 11) is 0. The SMILES string of the molecule is Nc1ccccc1CCCCCl. The number of para-hydroxylation sites is 1. The van der Waals surface area contributed by atoms with E-state index in [9.17, 15) is 0 Å². The molecule has 0 aliphatic rings. The first kappa shape index (κ1) is 9.40. The molecule has 0 unspecified atom stereocenters. The first-order valence-electron chi connectivity index (χ1n) is 4.24. The lowest BCUT2D eigenvalue weighted by Gasteiger charge is -2.03. The van der Waals surface area contributed by atoms with Gasteiger partial charge in [0.25, 0.3) is 0 Å². The van der Waals surface area contributed by atoms with E-state index < -0.39 is 0 Å². The molecule has 12 heavy (non-hydrogen) atoms. The average Bonchev–Trinajstić information content (AvgIpc) is 2.09. The van der Waals surface area contributed by atoms with Crippen molar-refractivity contribution in [1.82, 2.24) is 0 Å². The molecule has 0 amide bonds. The van der Waals surface area contributed by atoms with Crippen molar-refractivity contribution >= 4 is 17.3 Å². The van der Waals surface area contributed by atoms with Gasteiger partial charge in [-0.2, -0.15) is 0 Å². The molecule has 1 aromatic rings. The highest BCUT2D eigenvalue weighted by molar-refractivity contribution is 6.17. The molecule has 0 bridgehead atoms. The summed E-state index contributed by atoms with van der Waals surface area (Å²) in [5, 5.41) is 0. The van der Waals surface area contributed by atoms with Gasteiger partial charge in [-0.3, -0.25) is 0 Å². The van der Waals surface area contributed by atoms with Crippen molar-refractivity contribution in [1.29, 1.82) is 0 Å². The molecule has 0 fully saturated rings. The quantitative estimate of drug-likeness (QED) is 0.434. The van der Waals surface area contributed by atoms with Crippen molar-refractivity contribution < 1.29 is 0 Å². The number of hydrogen-bond donors (Lipinski definition) is 1. The topological polar surface area (TPSA) is 26.0 Å². The molecule has 0 heterocycles. The van der Waals surface area contributed by atoms with E-state index in [0.717, 1.165) is 30.8 Å². The maximum atomic E-state index is 5.77. The van der Waals surface area contributed by atoms with Crippen LogP contribution in [-0.2, 0) is 6.42 Å². The molecule has 2 N–H and O–H groups in total. The summed E-state index contributed by atoms with van der Waals surface area (Å²) >= 11 is 5.58. The maximum Gasteiger partial charge on any atom is 0.0346 e.